The van der Waals surface area contributed by atoms with E-state index in [4.69, 9.17) is 11.5 Å². The van der Waals surface area contributed by atoms with Gasteiger partial charge in [0.05, 0.1) is 0 Å². The van der Waals surface area contributed by atoms with Gasteiger partial charge in [-0.1, -0.05) is 54.6 Å². The first kappa shape index (κ1) is 26.7. The smallest absolute Gasteiger partial charge is 0.0212 e. The average molecular weight is 470 g/mol. The number of nitrogens with one attached hydrogen (secondary N) is 1. The Morgan fingerprint density at radius 2 is 1.23 bits per heavy atom. The molecule has 0 aliphatic heterocycles. The first-order valence-electron chi connectivity index (χ1n) is 9.80. The second-order valence-corrected chi connectivity index (χ2v) is 7.18. The quantitative estimate of drug-likeness (QED) is 0.254. The van der Waals surface area contributed by atoms with E-state index in [-0.39, 0.29) is 37.2 Å². The van der Waals surface area contributed by atoms with Crippen LogP contribution < -0.4 is 16.8 Å². The van der Waals surface area contributed by atoms with Gasteiger partial charge in [-0.2, -0.15) is 0 Å². The van der Waals surface area contributed by atoms with E-state index < -0.39 is 0 Å². The van der Waals surface area contributed by atoms with E-state index in [1.165, 1.54) is 37.9 Å². The molecule has 0 aliphatic rings. The number of halogens is 3. The van der Waals surface area contributed by atoms with Gasteiger partial charge in [-0.15, -0.1) is 37.2 Å². The van der Waals surface area contributed by atoms with E-state index in [2.05, 4.69) is 64.8 Å². The fraction of sp³-hybridized carbons (Fsp3) is 0.304. The molecule has 0 atom stereocenters. The fourth-order valence-electron chi connectivity index (χ4n) is 4.11. The van der Waals surface area contributed by atoms with Crippen LogP contribution in [0, 0.1) is 0 Å². The highest BCUT2D eigenvalue weighted by Crippen LogP contribution is 2.35. The Bertz CT molecular complexity index is 1020. The van der Waals surface area contributed by atoms with Crippen molar-refractivity contribution < 1.29 is 0 Å². The molecule has 30 heavy (non-hydrogen) atoms. The summed E-state index contributed by atoms with van der Waals surface area (Å²) in [6, 6.07) is 20.0. The van der Waals surface area contributed by atoms with Gasteiger partial charge in [-0.25, -0.2) is 0 Å². The molecule has 7 heteroatoms. The zero-order chi connectivity index (χ0) is 18.6. The van der Waals surface area contributed by atoms with Crippen LogP contribution in [0.1, 0.15) is 5.56 Å². The summed E-state index contributed by atoms with van der Waals surface area (Å²) < 4.78 is 0. The van der Waals surface area contributed by atoms with Gasteiger partial charge in [0.25, 0.3) is 0 Å². The van der Waals surface area contributed by atoms with Crippen LogP contribution in [0.5, 0.6) is 0 Å². The predicted molar refractivity (Wildman–Crippen MR) is 138 cm³/mol. The number of nitrogens with zero attached hydrogens (tertiary/aromatic N) is 1. The Hall–Kier alpha value is -1.37. The summed E-state index contributed by atoms with van der Waals surface area (Å²) in [7, 11) is 0. The van der Waals surface area contributed by atoms with Crippen LogP contribution in [0.25, 0.3) is 32.3 Å². The molecule has 4 aromatic rings. The van der Waals surface area contributed by atoms with Crippen LogP contribution in [0.4, 0.5) is 0 Å². The van der Waals surface area contributed by atoms with Crippen LogP contribution in [-0.2, 0) is 6.54 Å². The molecule has 0 heterocycles. The highest BCUT2D eigenvalue weighted by atomic mass is 35.5. The number of nitrogens with two attached hydrogens (primary N) is 2. The number of rotatable bonds is 9. The molecule has 0 bridgehead atoms. The van der Waals surface area contributed by atoms with E-state index in [9.17, 15) is 0 Å². The largest absolute Gasteiger partial charge is 0.329 e. The van der Waals surface area contributed by atoms with E-state index in [1.54, 1.807) is 0 Å². The van der Waals surface area contributed by atoms with Crippen molar-refractivity contribution >= 4 is 69.5 Å². The molecular formula is C23H31Cl3N4. The van der Waals surface area contributed by atoms with Gasteiger partial charge in [0.1, 0.15) is 0 Å². The SMILES string of the molecule is Cl.Cl.Cl.NCCN(CCN)CCNCc1ccc2ccc3cccc4ccc1c2c34. The molecule has 0 radical (unpaired) electrons. The van der Waals surface area contributed by atoms with Crippen molar-refractivity contribution in [2.75, 3.05) is 39.3 Å². The predicted octanol–water partition coefficient (Wildman–Crippen LogP) is 4.16. The Labute approximate surface area is 196 Å². The minimum absolute atomic E-state index is 0. The lowest BCUT2D eigenvalue weighted by molar-refractivity contribution is 0.288. The van der Waals surface area contributed by atoms with Gasteiger partial charge < -0.3 is 16.8 Å². The maximum atomic E-state index is 5.69. The molecule has 0 aromatic heterocycles. The molecule has 4 nitrogen and oxygen atoms in total. The van der Waals surface area contributed by atoms with Crippen molar-refractivity contribution in [3.05, 3.63) is 60.2 Å². The molecule has 0 unspecified atom stereocenters. The van der Waals surface area contributed by atoms with Gasteiger partial charge in [0.15, 0.2) is 0 Å². The molecule has 4 rings (SSSR count). The van der Waals surface area contributed by atoms with Crippen molar-refractivity contribution in [2.24, 2.45) is 11.5 Å². The average Bonchev–Trinajstić information content (AvgIpc) is 2.70. The van der Waals surface area contributed by atoms with Crippen LogP contribution in [0.2, 0.25) is 0 Å². The molecule has 5 N–H and O–H groups in total. The third-order valence-corrected chi connectivity index (χ3v) is 5.43. The number of benzene rings is 4. The zero-order valence-electron chi connectivity index (χ0n) is 17.0. The van der Waals surface area contributed by atoms with Gasteiger partial charge in [0.2, 0.25) is 0 Å². The van der Waals surface area contributed by atoms with Crippen molar-refractivity contribution in [2.45, 2.75) is 6.54 Å². The van der Waals surface area contributed by atoms with Crippen molar-refractivity contribution in [3.8, 4) is 0 Å². The summed E-state index contributed by atoms with van der Waals surface area (Å²) in [5, 5.41) is 11.7. The molecule has 4 aromatic carbocycles. The number of hydrogen-bond donors (Lipinski definition) is 3. The molecule has 0 fully saturated rings. The summed E-state index contributed by atoms with van der Waals surface area (Å²) in [6.07, 6.45) is 0. The van der Waals surface area contributed by atoms with Crippen LogP contribution in [0.3, 0.4) is 0 Å². The maximum absolute atomic E-state index is 5.69. The Morgan fingerprint density at radius 1 is 0.667 bits per heavy atom. The van der Waals surface area contributed by atoms with Gasteiger partial charge in [-0.05, 0) is 37.9 Å². The normalized spacial score (nSPS) is 10.9. The lowest BCUT2D eigenvalue weighted by atomic mass is 9.92. The van der Waals surface area contributed by atoms with E-state index in [0.29, 0.717) is 13.1 Å². The monoisotopic (exact) mass is 468 g/mol. The molecule has 0 saturated carbocycles. The molecule has 0 amide bonds. The van der Waals surface area contributed by atoms with Crippen LogP contribution >= 0.6 is 37.2 Å². The van der Waals surface area contributed by atoms with Crippen LogP contribution in [-0.4, -0.2) is 44.2 Å². The molecule has 0 spiro atoms. The first-order chi connectivity index (χ1) is 13.3. The van der Waals surface area contributed by atoms with Crippen LogP contribution in [0.15, 0.2) is 54.6 Å². The standard InChI is InChI=1S/C23H28N4.3ClH/c24-10-13-27(14-11-25)15-12-26-16-20-7-6-19-5-4-17-2-1-3-18-8-9-21(20)23(19)22(17)18;;;/h1-9,26H,10-16,24-25H2;3*1H. The van der Waals surface area contributed by atoms with Crippen molar-refractivity contribution in [1.29, 1.82) is 0 Å². The lowest BCUT2D eigenvalue weighted by Crippen LogP contribution is -2.38. The fourth-order valence-corrected chi connectivity index (χ4v) is 4.11. The zero-order valence-corrected chi connectivity index (χ0v) is 19.4. The number of hydrogen-bond acceptors (Lipinski definition) is 4. The van der Waals surface area contributed by atoms with Gasteiger partial charge >= 0.3 is 0 Å². The molecular weight excluding hydrogens is 439 g/mol. The first-order valence-corrected chi connectivity index (χ1v) is 9.80. The van der Waals surface area contributed by atoms with Crippen molar-refractivity contribution in [3.63, 3.8) is 0 Å². The minimum atomic E-state index is 0. The van der Waals surface area contributed by atoms with E-state index in [1.807, 2.05) is 0 Å². The van der Waals surface area contributed by atoms with E-state index >= 15 is 0 Å². The highest BCUT2D eigenvalue weighted by Gasteiger charge is 2.10. The third kappa shape index (κ3) is 5.45. The molecule has 164 valence electrons. The minimum Gasteiger partial charge on any atom is -0.329 e. The second kappa shape index (κ2) is 12.5. The van der Waals surface area contributed by atoms with Gasteiger partial charge in [-0.3, -0.25) is 4.90 Å². The Balaban J connectivity index is 0.00000150. The highest BCUT2D eigenvalue weighted by molar-refractivity contribution is 6.23. The molecule has 0 saturated heterocycles. The van der Waals surface area contributed by atoms with Gasteiger partial charge in [0, 0.05) is 45.8 Å². The van der Waals surface area contributed by atoms with E-state index in [0.717, 1.165) is 32.7 Å². The summed E-state index contributed by atoms with van der Waals surface area (Å²) in [5.41, 5.74) is 12.7. The van der Waals surface area contributed by atoms with Crippen molar-refractivity contribution in [1.82, 2.24) is 10.2 Å². The Morgan fingerprint density at radius 3 is 1.87 bits per heavy atom. The summed E-state index contributed by atoms with van der Waals surface area (Å²) >= 11 is 0. The topological polar surface area (TPSA) is 67.3 Å². The second-order valence-electron chi connectivity index (χ2n) is 7.18. The lowest BCUT2D eigenvalue weighted by Gasteiger charge is -2.21. The summed E-state index contributed by atoms with van der Waals surface area (Å²) in [4.78, 5) is 2.32. The third-order valence-electron chi connectivity index (χ3n) is 5.43. The maximum Gasteiger partial charge on any atom is 0.0212 e. The summed E-state index contributed by atoms with van der Waals surface area (Å²) in [6.45, 7) is 5.93. The Kier molecular flexibility index (Phi) is 11.1. The molecule has 0 aliphatic carbocycles. The summed E-state index contributed by atoms with van der Waals surface area (Å²) in [5.74, 6) is 0.